The van der Waals surface area contributed by atoms with E-state index in [0.29, 0.717) is 18.8 Å². The Morgan fingerprint density at radius 2 is 1.95 bits per heavy atom. The maximum Gasteiger partial charge on any atom is 0.243 e. The monoisotopic (exact) mass is 307 g/mol. The molecule has 0 aliphatic carbocycles. The number of piperidine rings is 1. The van der Waals surface area contributed by atoms with E-state index in [1.165, 1.54) is 6.42 Å². The number of carbonyl (C=O) groups excluding carboxylic acids is 1. The highest BCUT2D eigenvalue weighted by Gasteiger charge is 2.40. The first kappa shape index (κ1) is 17.2. The molecule has 0 spiro atoms. The number of likely N-dealkylation sites (tertiary alicyclic amines) is 1. The van der Waals surface area contributed by atoms with Crippen LogP contribution >= 0.6 is 0 Å². The van der Waals surface area contributed by atoms with Gasteiger partial charge in [-0.25, -0.2) is 0 Å². The van der Waals surface area contributed by atoms with Crippen molar-refractivity contribution in [3.8, 4) is 6.07 Å². The molecule has 0 aromatic carbocycles. The lowest BCUT2D eigenvalue weighted by molar-refractivity contribution is -0.141. The van der Waals surface area contributed by atoms with Gasteiger partial charge in [-0.3, -0.25) is 9.69 Å². The van der Waals surface area contributed by atoms with Crippen LogP contribution in [0.25, 0.3) is 0 Å². The number of ether oxygens (including phenoxy) is 1. The first-order chi connectivity index (χ1) is 10.6. The predicted molar refractivity (Wildman–Crippen MR) is 85.2 cm³/mol. The topological polar surface area (TPSA) is 56.6 Å². The number of nitrogens with zero attached hydrogens (tertiary/aromatic N) is 3. The van der Waals surface area contributed by atoms with E-state index in [2.05, 4.69) is 11.0 Å². The molecule has 0 saturated carbocycles. The van der Waals surface area contributed by atoms with Gasteiger partial charge in [0.15, 0.2) is 0 Å². The molecule has 2 rings (SSSR count). The van der Waals surface area contributed by atoms with Crippen LogP contribution in [0.4, 0.5) is 0 Å². The number of rotatable bonds is 5. The molecule has 22 heavy (non-hydrogen) atoms. The van der Waals surface area contributed by atoms with E-state index in [1.807, 2.05) is 18.7 Å². The maximum atomic E-state index is 12.8. The molecule has 0 bridgehead atoms. The lowest BCUT2D eigenvalue weighted by Gasteiger charge is -2.39. The normalized spacial score (nSPS) is 24.0. The van der Waals surface area contributed by atoms with Crippen molar-refractivity contribution in [1.82, 2.24) is 9.80 Å². The van der Waals surface area contributed by atoms with Gasteiger partial charge in [0.2, 0.25) is 5.91 Å². The molecule has 0 aromatic heterocycles. The van der Waals surface area contributed by atoms with Crippen molar-refractivity contribution >= 4 is 5.91 Å². The third-order valence-electron chi connectivity index (χ3n) is 5.26. The van der Waals surface area contributed by atoms with Crippen LogP contribution in [0.15, 0.2) is 0 Å². The highest BCUT2D eigenvalue weighted by Crippen LogP contribution is 2.30. The molecule has 5 nitrogen and oxygen atoms in total. The molecule has 1 atom stereocenters. The molecule has 0 unspecified atom stereocenters. The van der Waals surface area contributed by atoms with E-state index in [1.54, 1.807) is 0 Å². The van der Waals surface area contributed by atoms with Crippen molar-refractivity contribution in [3.05, 3.63) is 0 Å². The Balaban J connectivity index is 1.94. The third kappa shape index (κ3) is 3.80. The maximum absolute atomic E-state index is 12.8. The van der Waals surface area contributed by atoms with Gasteiger partial charge in [-0.15, -0.1) is 0 Å². The van der Waals surface area contributed by atoms with E-state index in [9.17, 15) is 10.1 Å². The van der Waals surface area contributed by atoms with Crippen molar-refractivity contribution in [2.75, 3.05) is 45.9 Å². The lowest BCUT2D eigenvalue weighted by atomic mass is 9.81. The van der Waals surface area contributed by atoms with Crippen LogP contribution in [-0.4, -0.2) is 61.6 Å². The zero-order valence-corrected chi connectivity index (χ0v) is 14.0. The summed E-state index contributed by atoms with van der Waals surface area (Å²) < 4.78 is 5.39. The number of nitriles is 1. The second kappa shape index (κ2) is 7.94. The first-order valence-corrected chi connectivity index (χ1v) is 8.66. The Kier molecular flexibility index (Phi) is 6.22. The fourth-order valence-electron chi connectivity index (χ4n) is 3.61. The van der Waals surface area contributed by atoms with E-state index in [-0.39, 0.29) is 5.91 Å². The van der Waals surface area contributed by atoms with Gasteiger partial charge in [0, 0.05) is 32.7 Å². The summed E-state index contributed by atoms with van der Waals surface area (Å²) in [5.74, 6) is 0.576. The van der Waals surface area contributed by atoms with Crippen LogP contribution in [0.2, 0.25) is 0 Å². The molecule has 1 amide bonds. The van der Waals surface area contributed by atoms with Gasteiger partial charge >= 0.3 is 0 Å². The van der Waals surface area contributed by atoms with E-state index >= 15 is 0 Å². The minimum Gasteiger partial charge on any atom is -0.379 e. The quantitative estimate of drug-likeness (QED) is 0.778. The summed E-state index contributed by atoms with van der Waals surface area (Å²) in [7, 11) is 0. The Bertz CT molecular complexity index is 409. The van der Waals surface area contributed by atoms with Crippen molar-refractivity contribution < 1.29 is 9.53 Å². The molecule has 2 aliphatic heterocycles. The summed E-state index contributed by atoms with van der Waals surface area (Å²) in [4.78, 5) is 17.2. The smallest absolute Gasteiger partial charge is 0.243 e. The Hall–Kier alpha value is -1.12. The zero-order chi connectivity index (χ0) is 16.0. The molecule has 2 saturated heterocycles. The van der Waals surface area contributed by atoms with Crippen molar-refractivity contribution in [2.45, 2.75) is 39.5 Å². The standard InChI is InChI=1S/C17H29N3O2/c1-3-17(4-2,14-18)16(21)20-7-5-6-15(13-20)12-19-8-10-22-11-9-19/h15H,3-13H2,1-2H3/t15-/m1/s1. The summed E-state index contributed by atoms with van der Waals surface area (Å²) >= 11 is 0. The zero-order valence-electron chi connectivity index (χ0n) is 14.0. The molecule has 2 aliphatic rings. The highest BCUT2D eigenvalue weighted by atomic mass is 16.5. The number of amides is 1. The second-order valence-corrected chi connectivity index (χ2v) is 6.57. The van der Waals surface area contributed by atoms with Gasteiger partial charge in [-0.1, -0.05) is 13.8 Å². The number of morpholine rings is 1. The third-order valence-corrected chi connectivity index (χ3v) is 5.26. The van der Waals surface area contributed by atoms with Gasteiger partial charge in [0.1, 0.15) is 5.41 Å². The SMILES string of the molecule is CCC(C#N)(CC)C(=O)N1CCC[C@H](CN2CCOCC2)C1. The number of hydrogen-bond donors (Lipinski definition) is 0. The van der Waals surface area contributed by atoms with Crippen LogP contribution < -0.4 is 0 Å². The summed E-state index contributed by atoms with van der Waals surface area (Å²) in [5, 5.41) is 9.48. The molecular formula is C17H29N3O2. The molecular weight excluding hydrogens is 278 g/mol. The van der Waals surface area contributed by atoms with Crippen LogP contribution in [-0.2, 0) is 9.53 Å². The molecule has 2 fully saturated rings. The van der Waals surface area contributed by atoms with Gasteiger partial charge in [-0.2, -0.15) is 5.26 Å². The molecule has 5 heteroatoms. The minimum absolute atomic E-state index is 0.0478. The van der Waals surface area contributed by atoms with Gasteiger partial charge in [0.05, 0.1) is 19.3 Å². The molecule has 2 heterocycles. The lowest BCUT2D eigenvalue weighted by Crippen LogP contribution is -2.50. The largest absolute Gasteiger partial charge is 0.379 e. The van der Waals surface area contributed by atoms with Crippen molar-refractivity contribution in [1.29, 1.82) is 5.26 Å². The minimum atomic E-state index is -0.819. The molecule has 0 radical (unpaired) electrons. The summed E-state index contributed by atoms with van der Waals surface area (Å²) in [6.45, 7) is 10.2. The second-order valence-electron chi connectivity index (χ2n) is 6.57. The molecule has 0 N–H and O–H groups in total. The van der Waals surface area contributed by atoms with Crippen molar-refractivity contribution in [3.63, 3.8) is 0 Å². The predicted octanol–water partition coefficient (Wildman–Crippen LogP) is 1.89. The van der Waals surface area contributed by atoms with Crippen LogP contribution in [0.1, 0.15) is 39.5 Å². The van der Waals surface area contributed by atoms with Crippen LogP contribution in [0.3, 0.4) is 0 Å². The summed E-state index contributed by atoms with van der Waals surface area (Å²) in [6, 6.07) is 2.29. The molecule has 124 valence electrons. The fourth-order valence-corrected chi connectivity index (χ4v) is 3.61. The van der Waals surface area contributed by atoms with Crippen molar-refractivity contribution in [2.24, 2.45) is 11.3 Å². The van der Waals surface area contributed by atoms with E-state index in [4.69, 9.17) is 4.74 Å². The Labute approximate surface area is 134 Å². The van der Waals surface area contributed by atoms with Gasteiger partial charge in [0.25, 0.3) is 0 Å². The highest BCUT2D eigenvalue weighted by molar-refractivity contribution is 5.85. The van der Waals surface area contributed by atoms with E-state index in [0.717, 1.165) is 52.4 Å². The summed E-state index contributed by atoms with van der Waals surface area (Å²) in [6.07, 6.45) is 3.43. The fraction of sp³-hybridized carbons (Fsp3) is 0.882. The number of hydrogen-bond acceptors (Lipinski definition) is 4. The Morgan fingerprint density at radius 1 is 1.27 bits per heavy atom. The van der Waals surface area contributed by atoms with Gasteiger partial charge < -0.3 is 9.64 Å². The van der Waals surface area contributed by atoms with E-state index < -0.39 is 5.41 Å². The molecule has 0 aromatic rings. The van der Waals surface area contributed by atoms with Gasteiger partial charge in [-0.05, 0) is 31.6 Å². The first-order valence-electron chi connectivity index (χ1n) is 8.66. The van der Waals surface area contributed by atoms with Crippen LogP contribution in [0.5, 0.6) is 0 Å². The summed E-state index contributed by atoms with van der Waals surface area (Å²) in [5.41, 5.74) is -0.819. The Morgan fingerprint density at radius 3 is 2.55 bits per heavy atom. The average Bonchev–Trinajstić information content (AvgIpc) is 2.58. The average molecular weight is 307 g/mol. The van der Waals surface area contributed by atoms with Crippen LogP contribution in [0, 0.1) is 22.7 Å². The number of carbonyl (C=O) groups is 1.